The van der Waals surface area contributed by atoms with Gasteiger partial charge in [0.15, 0.2) is 0 Å². The lowest BCUT2D eigenvalue weighted by Gasteiger charge is -2.31. The van der Waals surface area contributed by atoms with E-state index in [2.05, 4.69) is 210 Å². The van der Waals surface area contributed by atoms with Crippen molar-refractivity contribution in [2.45, 2.75) is 57.8 Å². The molecule has 0 unspecified atom stereocenters. The lowest BCUT2D eigenvalue weighted by Crippen LogP contribution is -2.19. The zero-order valence-electron chi connectivity index (χ0n) is 33.0. The first-order valence-electron chi connectivity index (χ1n) is 20.1. The fourth-order valence-electron chi connectivity index (χ4n) is 10.9. The van der Waals surface area contributed by atoms with E-state index >= 15 is 0 Å². The number of fused-ring (bicyclic) bond motifs is 11. The van der Waals surface area contributed by atoms with Gasteiger partial charge in [0.05, 0.1) is 5.69 Å². The molecule has 8 aromatic rings. The smallest absolute Gasteiger partial charge is 0.0543 e. The second kappa shape index (κ2) is 11.4. The van der Waals surface area contributed by atoms with Gasteiger partial charge in [-0.2, -0.15) is 0 Å². The minimum atomic E-state index is -0.204. The Bertz CT molecular complexity index is 2830. The Morgan fingerprint density at radius 3 is 1.45 bits per heavy atom. The quantitative estimate of drug-likeness (QED) is 0.175. The van der Waals surface area contributed by atoms with Gasteiger partial charge in [0.1, 0.15) is 0 Å². The number of hydrogen-bond acceptors (Lipinski definition) is 1. The summed E-state index contributed by atoms with van der Waals surface area (Å²) in [5.41, 5.74) is 22.0. The van der Waals surface area contributed by atoms with E-state index in [4.69, 9.17) is 0 Å². The maximum atomic E-state index is 2.57. The van der Waals surface area contributed by atoms with Gasteiger partial charge in [0.25, 0.3) is 0 Å². The number of rotatable bonds is 4. The fourth-order valence-corrected chi connectivity index (χ4v) is 10.9. The van der Waals surface area contributed by atoms with E-state index < -0.39 is 0 Å². The van der Waals surface area contributed by atoms with Gasteiger partial charge in [-0.3, -0.25) is 0 Å². The van der Waals surface area contributed by atoms with Crippen molar-refractivity contribution < 1.29 is 0 Å². The molecule has 0 bridgehead atoms. The average molecular weight is 720 g/mol. The van der Waals surface area contributed by atoms with Crippen LogP contribution >= 0.6 is 0 Å². The van der Waals surface area contributed by atoms with Crippen molar-refractivity contribution in [1.29, 1.82) is 0 Å². The Hall–Kier alpha value is -6.18. The first kappa shape index (κ1) is 33.2. The Labute approximate surface area is 330 Å². The van der Waals surface area contributed by atoms with Gasteiger partial charge in [0, 0.05) is 33.2 Å². The van der Waals surface area contributed by atoms with Crippen LogP contribution in [0, 0.1) is 0 Å². The maximum Gasteiger partial charge on any atom is 0.0543 e. The van der Waals surface area contributed by atoms with Crippen LogP contribution in [-0.2, 0) is 16.2 Å². The van der Waals surface area contributed by atoms with Crippen molar-refractivity contribution in [3.05, 3.63) is 197 Å². The van der Waals surface area contributed by atoms with Crippen molar-refractivity contribution >= 4 is 27.8 Å². The summed E-state index contributed by atoms with van der Waals surface area (Å²) >= 11 is 0. The Kier molecular flexibility index (Phi) is 6.77. The summed E-state index contributed by atoms with van der Waals surface area (Å²) in [6, 6.07) is 61.8. The molecule has 1 heteroatoms. The molecule has 0 saturated carbocycles. The van der Waals surface area contributed by atoms with Crippen molar-refractivity contribution in [3.63, 3.8) is 0 Å². The van der Waals surface area contributed by atoms with E-state index in [1.807, 2.05) is 0 Å². The van der Waals surface area contributed by atoms with Gasteiger partial charge >= 0.3 is 0 Å². The molecule has 0 fully saturated rings. The van der Waals surface area contributed by atoms with E-state index in [1.165, 1.54) is 106 Å². The standard InChI is InChI=1S/C55H45N/c1-53(2)45-23-14-12-20-38(45)40-29-27-35(31-48(40)53)56(36-28-30-41-39-21-13-15-24-46(39)54(3,4)49(41)32-36)50-26-16-25-47-51(50)44-33-43(34-17-8-7-9-18-34)37-19-10-11-22-42(37)52(44)55(47,5)6/h7-33H,1-6H3. The predicted molar refractivity (Wildman–Crippen MR) is 237 cm³/mol. The highest BCUT2D eigenvalue weighted by Gasteiger charge is 2.42. The highest BCUT2D eigenvalue weighted by Crippen LogP contribution is 2.59. The van der Waals surface area contributed by atoms with E-state index in [1.54, 1.807) is 0 Å². The van der Waals surface area contributed by atoms with E-state index in [0.29, 0.717) is 0 Å². The van der Waals surface area contributed by atoms with Crippen LogP contribution < -0.4 is 4.90 Å². The zero-order chi connectivity index (χ0) is 38.1. The van der Waals surface area contributed by atoms with Gasteiger partial charge in [-0.05, 0) is 119 Å². The predicted octanol–water partition coefficient (Wildman–Crippen LogP) is 14.9. The molecule has 0 amide bonds. The number of nitrogens with zero attached hydrogens (tertiary/aromatic N) is 1. The highest BCUT2D eigenvalue weighted by molar-refractivity contribution is 6.08. The van der Waals surface area contributed by atoms with Crippen LogP contribution in [0.1, 0.15) is 74.9 Å². The molecule has 1 nitrogen and oxygen atoms in total. The maximum absolute atomic E-state index is 2.57. The second-order valence-corrected chi connectivity index (χ2v) is 17.7. The molecular weight excluding hydrogens is 675 g/mol. The summed E-state index contributed by atoms with van der Waals surface area (Å²) in [6.45, 7) is 14.4. The molecule has 0 aromatic heterocycles. The monoisotopic (exact) mass is 719 g/mol. The molecule has 270 valence electrons. The lowest BCUT2D eigenvalue weighted by molar-refractivity contribution is 0.660. The largest absolute Gasteiger partial charge is 0.310 e. The van der Waals surface area contributed by atoms with E-state index in [0.717, 1.165) is 0 Å². The third-order valence-electron chi connectivity index (χ3n) is 13.6. The molecule has 0 saturated heterocycles. The first-order chi connectivity index (χ1) is 27.1. The Morgan fingerprint density at radius 2 is 0.839 bits per heavy atom. The van der Waals surface area contributed by atoms with Gasteiger partial charge in [0.2, 0.25) is 0 Å². The average Bonchev–Trinajstić information content (AvgIpc) is 3.71. The Morgan fingerprint density at radius 1 is 0.339 bits per heavy atom. The molecule has 3 aliphatic rings. The molecule has 8 aromatic carbocycles. The number of benzene rings is 8. The highest BCUT2D eigenvalue weighted by atomic mass is 15.1. The van der Waals surface area contributed by atoms with E-state index in [9.17, 15) is 0 Å². The summed E-state index contributed by atoms with van der Waals surface area (Å²) in [4.78, 5) is 2.57. The SMILES string of the molecule is CC1(C)c2ccccc2-c2ccc(N(c3ccc4c(c3)C(C)(C)c3ccccc3-4)c3cccc4c3-c3cc(-c5ccccc5)c5ccccc5c3C4(C)C)cc21. The van der Waals surface area contributed by atoms with Crippen molar-refractivity contribution in [2.24, 2.45) is 0 Å². The minimum Gasteiger partial charge on any atom is -0.310 e. The van der Waals surface area contributed by atoms with Gasteiger partial charge in [-0.25, -0.2) is 0 Å². The van der Waals surface area contributed by atoms with Gasteiger partial charge < -0.3 is 4.90 Å². The lowest BCUT2D eigenvalue weighted by atomic mass is 9.79. The molecule has 56 heavy (non-hydrogen) atoms. The van der Waals surface area contributed by atoms with Crippen LogP contribution in [0.2, 0.25) is 0 Å². The molecule has 0 aliphatic heterocycles. The summed E-state index contributed by atoms with van der Waals surface area (Å²) in [6.07, 6.45) is 0. The van der Waals surface area contributed by atoms with Crippen molar-refractivity contribution in [1.82, 2.24) is 0 Å². The summed E-state index contributed by atoms with van der Waals surface area (Å²) < 4.78 is 0. The fraction of sp³-hybridized carbons (Fsp3) is 0.164. The first-order valence-corrected chi connectivity index (χ1v) is 20.1. The third-order valence-corrected chi connectivity index (χ3v) is 13.6. The number of anilines is 3. The molecule has 0 N–H and O–H groups in total. The normalized spacial score (nSPS) is 15.8. The molecular formula is C55H45N. The third kappa shape index (κ3) is 4.37. The van der Waals surface area contributed by atoms with Gasteiger partial charge in [-0.1, -0.05) is 169 Å². The van der Waals surface area contributed by atoms with E-state index in [-0.39, 0.29) is 16.2 Å². The Balaban J connectivity index is 1.20. The minimum absolute atomic E-state index is 0.119. The van der Waals surface area contributed by atoms with Crippen molar-refractivity contribution in [3.8, 4) is 44.5 Å². The van der Waals surface area contributed by atoms with Crippen LogP contribution in [0.3, 0.4) is 0 Å². The molecule has 0 heterocycles. The van der Waals surface area contributed by atoms with Gasteiger partial charge in [-0.15, -0.1) is 0 Å². The zero-order valence-corrected chi connectivity index (χ0v) is 33.0. The molecule has 3 aliphatic carbocycles. The van der Waals surface area contributed by atoms with Crippen LogP contribution in [-0.4, -0.2) is 0 Å². The summed E-state index contributed by atoms with van der Waals surface area (Å²) in [5, 5.41) is 2.63. The van der Waals surface area contributed by atoms with Crippen LogP contribution in [0.15, 0.2) is 164 Å². The summed E-state index contributed by atoms with van der Waals surface area (Å²) in [7, 11) is 0. The molecule has 0 atom stereocenters. The number of hydrogen-bond donors (Lipinski definition) is 0. The molecule has 0 radical (unpaired) electrons. The summed E-state index contributed by atoms with van der Waals surface area (Å²) in [5.74, 6) is 0. The van der Waals surface area contributed by atoms with Crippen LogP contribution in [0.25, 0.3) is 55.3 Å². The van der Waals surface area contributed by atoms with Crippen LogP contribution in [0.4, 0.5) is 17.1 Å². The molecule has 11 rings (SSSR count). The second-order valence-electron chi connectivity index (χ2n) is 17.7. The topological polar surface area (TPSA) is 3.24 Å². The molecule has 0 spiro atoms. The van der Waals surface area contributed by atoms with Crippen molar-refractivity contribution in [2.75, 3.05) is 4.90 Å². The van der Waals surface area contributed by atoms with Crippen LogP contribution in [0.5, 0.6) is 0 Å².